The molecule has 3 aromatic rings. The van der Waals surface area contributed by atoms with Gasteiger partial charge < -0.3 is 81.0 Å². The smallest absolute Gasteiger partial charge is 0.312 e. The number of phenolic OH excluding ortho intramolecular Hbond substituents is 2. The standard InChI is InChI=1S/C75H93N9O19/c1-37(2)59(80-53(87)20-13-12-14-31-84-54(88)25-26-55(84)89)73(97)79-49(19-16-30-77-74(76)98)72(96)78-47-23-21-45(22-24-47)46-27-32-83(33-28-46)48-35-50(86)60-52(36-48)102-69-61(81-60)56-57-65(92)43(8)68-58(56)70(94)75(10,103-68)100-34-29-51(99-11)40(5)67(101-44(9)85)42(7)64(91)41(6)63(90)38(3)17-15-18-39(4)71(95)82-62(69)66(57)93/h15,17-18,21-26,29,34-38,40-42,46,49,51,59,63-64,67,86,90-92H,12-14,16,19-20,27-28,30-33H2,1-11H3,(H,78,96)(H,79,97)(H,80,87)(H,82,95)(H3,76,77,98)/b17-15+,34-29+,39-18-/t38-,40+,41+,42+,49-,51-,59-,63-,64+,67+,75-/m0/s1. The fraction of sp³-hybridized carbons (Fsp3) is 0.480. The Morgan fingerprint density at radius 2 is 1.54 bits per heavy atom. The summed E-state index contributed by atoms with van der Waals surface area (Å²) in [6, 6.07) is 7.61. The van der Waals surface area contributed by atoms with E-state index in [1.807, 2.05) is 17.0 Å². The molecule has 11 N–H and O–H groups in total. The molecule has 28 heteroatoms. The van der Waals surface area contributed by atoms with E-state index in [0.29, 0.717) is 56.6 Å². The maximum atomic E-state index is 15.2. The SMILES string of the molecule is CO[C@H]1/C=C/O[C@@]2(C)Oc3c(C)c(O)c4c(=O)c(c5oc6cc(N7CCC(c8ccc(NC(=O)[C@H](CCCNC(N)=O)NC(=O)[C@@H](NC(=O)CCCCCN9C(=O)C=CC9=O)C(C)C)cc8)CC7)cc(O)c6nc-5c4c3C2=O)NC(=O)/C(C)=C\C=C\[C@H](C)[C@H](O)[C@@H](C)[C@@H](O)[C@@H](C)[C@H](OC(C)=O)[C@@H]1C. The number of primary amides is 1. The molecule has 103 heavy (non-hydrogen) atoms. The molecule has 5 aliphatic heterocycles. The van der Waals surface area contributed by atoms with E-state index in [9.17, 15) is 58.8 Å². The van der Waals surface area contributed by atoms with Crippen LogP contribution in [0.4, 0.5) is 21.9 Å². The Morgan fingerprint density at radius 1 is 0.854 bits per heavy atom. The number of nitrogens with zero attached hydrogens (tertiary/aromatic N) is 3. The van der Waals surface area contributed by atoms with Crippen LogP contribution in [0.3, 0.4) is 0 Å². The van der Waals surface area contributed by atoms with Gasteiger partial charge >= 0.3 is 17.8 Å². The Kier molecular flexibility index (Phi) is 24.6. The highest BCUT2D eigenvalue weighted by atomic mass is 16.7. The second kappa shape index (κ2) is 32.9. The number of carbonyl (C=O) groups excluding carboxylic acids is 9. The van der Waals surface area contributed by atoms with Crippen LogP contribution < -0.4 is 47.4 Å². The van der Waals surface area contributed by atoms with Crippen molar-refractivity contribution in [1.82, 2.24) is 25.8 Å². The summed E-state index contributed by atoms with van der Waals surface area (Å²) in [7, 11) is 1.41. The van der Waals surface area contributed by atoms with Gasteiger partial charge in [0, 0.05) is 129 Å². The number of phenols is 2. The van der Waals surface area contributed by atoms with E-state index in [-0.39, 0.29) is 118 Å². The summed E-state index contributed by atoms with van der Waals surface area (Å²) in [5.74, 6) is -11.1. The fourth-order valence-electron chi connectivity index (χ4n) is 13.8. The van der Waals surface area contributed by atoms with Crippen molar-refractivity contribution in [3.63, 3.8) is 0 Å². The van der Waals surface area contributed by atoms with E-state index >= 15 is 9.59 Å². The molecule has 8 amide bonds. The zero-order valence-corrected chi connectivity index (χ0v) is 59.8. The van der Waals surface area contributed by atoms with Gasteiger partial charge in [0.05, 0.1) is 35.5 Å². The summed E-state index contributed by atoms with van der Waals surface area (Å²) in [5, 5.41) is 60.4. The molecule has 28 nitrogen and oxygen atoms in total. The number of aromatic hydroxyl groups is 2. The Labute approximate surface area is 595 Å². The van der Waals surface area contributed by atoms with Crippen molar-refractivity contribution in [3.05, 3.63) is 112 Å². The Hall–Kier alpha value is -10.2. The second-order valence-electron chi connectivity index (χ2n) is 27.7. The predicted octanol–water partition coefficient (Wildman–Crippen LogP) is 7.54. The van der Waals surface area contributed by atoms with Crippen molar-refractivity contribution < 1.29 is 86.9 Å². The molecule has 552 valence electrons. The molecule has 0 radical (unpaired) electrons. The number of allylic oxidation sites excluding steroid dienone is 2. The first-order valence-corrected chi connectivity index (χ1v) is 34.8. The van der Waals surface area contributed by atoms with Crippen molar-refractivity contribution in [2.45, 2.75) is 169 Å². The number of unbranched alkanes of at least 4 members (excludes halogenated alkanes) is 2. The number of esters is 1. The molecule has 1 aliphatic carbocycles. The summed E-state index contributed by atoms with van der Waals surface area (Å²) >= 11 is 0. The van der Waals surface area contributed by atoms with Crippen LogP contribution in [0.1, 0.15) is 141 Å². The van der Waals surface area contributed by atoms with Crippen LogP contribution in [0, 0.1) is 36.5 Å². The number of hydrogen-bond acceptors (Lipinski definition) is 21. The van der Waals surface area contributed by atoms with Gasteiger partial charge in [0.1, 0.15) is 52.3 Å². The fourth-order valence-corrected chi connectivity index (χ4v) is 13.8. The van der Waals surface area contributed by atoms with Crippen LogP contribution in [-0.2, 0) is 47.8 Å². The lowest BCUT2D eigenvalue weighted by Crippen LogP contribution is -2.54. The molecular formula is C75H93N9O19. The molecule has 4 bridgehead atoms. The lowest BCUT2D eigenvalue weighted by atomic mass is 9.78. The molecule has 11 atom stereocenters. The van der Waals surface area contributed by atoms with Crippen molar-refractivity contribution >= 4 is 92.2 Å². The molecule has 5 heterocycles. The summed E-state index contributed by atoms with van der Waals surface area (Å²) in [5.41, 5.74) is 5.32. The van der Waals surface area contributed by atoms with Crippen LogP contribution in [-0.4, -0.2) is 159 Å². The number of methoxy groups -OCH3 is 1. The first kappa shape index (κ1) is 77.0. The summed E-state index contributed by atoms with van der Waals surface area (Å²) in [6.45, 7) is 17.2. The van der Waals surface area contributed by atoms with E-state index < -0.39 is 124 Å². The van der Waals surface area contributed by atoms with Crippen molar-refractivity contribution in [2.24, 2.45) is 35.3 Å². The quantitative estimate of drug-likeness (QED) is 0.0118. The molecule has 6 aliphatic rings. The van der Waals surface area contributed by atoms with E-state index in [2.05, 4.69) is 26.6 Å². The third-order valence-electron chi connectivity index (χ3n) is 20.0. The first-order valence-electron chi connectivity index (χ1n) is 34.8. The normalized spacial score (nSPS) is 24.5. The van der Waals surface area contributed by atoms with E-state index in [1.165, 1.54) is 71.4 Å². The largest absolute Gasteiger partial charge is 0.507 e. The number of Topliss-reactive ketones (excluding diaryl/α,β-unsaturated/α-hetero) is 1. The number of fused-ring (bicyclic) bond motifs is 2. The van der Waals surface area contributed by atoms with Gasteiger partial charge in [-0.25, -0.2) is 9.78 Å². The van der Waals surface area contributed by atoms with Crippen LogP contribution in [0.2, 0.25) is 0 Å². The number of hydrogen-bond donors (Lipinski definition) is 10. The molecule has 3 aromatic carbocycles. The van der Waals surface area contributed by atoms with Gasteiger partial charge in [0.15, 0.2) is 11.3 Å². The van der Waals surface area contributed by atoms with Gasteiger partial charge in [-0.2, -0.15) is 0 Å². The van der Waals surface area contributed by atoms with Crippen molar-refractivity contribution in [2.75, 3.05) is 48.8 Å². The highest BCUT2D eigenvalue weighted by molar-refractivity contribution is 6.22. The van der Waals surface area contributed by atoms with Crippen molar-refractivity contribution in [1.29, 1.82) is 0 Å². The molecular weight excluding hydrogens is 1330 g/mol. The summed E-state index contributed by atoms with van der Waals surface area (Å²) in [4.78, 5) is 141. The van der Waals surface area contributed by atoms with E-state index in [4.69, 9.17) is 34.1 Å². The second-order valence-corrected chi connectivity index (χ2v) is 27.7. The number of benzene rings is 4. The topological polar surface area (TPSA) is 407 Å². The molecule has 0 unspecified atom stereocenters. The number of imide groups is 1. The van der Waals surface area contributed by atoms with Crippen LogP contribution in [0.15, 0.2) is 93.9 Å². The maximum Gasteiger partial charge on any atom is 0.312 e. The first-order chi connectivity index (χ1) is 48.8. The average molecular weight is 1420 g/mol. The van der Waals surface area contributed by atoms with Gasteiger partial charge in [-0.15, -0.1) is 0 Å². The monoisotopic (exact) mass is 1420 g/mol. The van der Waals surface area contributed by atoms with E-state index in [1.54, 1.807) is 71.9 Å². The van der Waals surface area contributed by atoms with Gasteiger partial charge in [0.25, 0.3) is 23.5 Å². The van der Waals surface area contributed by atoms with Gasteiger partial charge in [-0.3, -0.25) is 48.1 Å². The highest BCUT2D eigenvalue weighted by Gasteiger charge is 2.50. The molecule has 0 spiro atoms. The third-order valence-corrected chi connectivity index (χ3v) is 20.0. The number of aromatic nitrogens is 1. The van der Waals surface area contributed by atoms with Crippen molar-refractivity contribution in [3.8, 4) is 28.7 Å². The Morgan fingerprint density at radius 3 is 2.19 bits per heavy atom. The molecule has 1 saturated heterocycles. The number of rotatable bonds is 20. The summed E-state index contributed by atoms with van der Waals surface area (Å²) in [6.07, 6.45) is 8.80. The summed E-state index contributed by atoms with van der Waals surface area (Å²) < 4.78 is 30.7. The number of piperidine rings is 1. The number of carbonyl (C=O) groups is 9. The van der Waals surface area contributed by atoms with E-state index in [0.717, 1.165) is 10.5 Å². The van der Waals surface area contributed by atoms with Crippen LogP contribution >= 0.6 is 0 Å². The minimum Gasteiger partial charge on any atom is -0.507 e. The predicted molar refractivity (Wildman–Crippen MR) is 382 cm³/mol. The van der Waals surface area contributed by atoms with Gasteiger partial charge in [-0.1, -0.05) is 78.3 Å². The molecule has 0 saturated carbocycles. The zero-order chi connectivity index (χ0) is 75.0. The minimum absolute atomic E-state index is 0.0186. The van der Waals surface area contributed by atoms with Gasteiger partial charge in [-0.05, 0) is 88.0 Å². The average Bonchev–Trinajstić information content (AvgIpc) is 1.67. The minimum atomic E-state index is -2.16. The number of aliphatic hydroxyl groups excluding tert-OH is 2. The number of nitrogens with two attached hydrogens (primary N) is 1. The maximum absolute atomic E-state index is 15.2. The lowest BCUT2D eigenvalue weighted by Gasteiger charge is -2.38. The number of anilines is 3. The Bertz CT molecular complexity index is 4230. The molecule has 0 aromatic heterocycles. The Balaban J connectivity index is 0.955. The highest BCUT2D eigenvalue weighted by Crippen LogP contribution is 2.51. The number of aliphatic hydroxyl groups is 2. The molecule has 9 rings (SSSR count). The number of urea groups is 1. The third kappa shape index (κ3) is 17.1. The van der Waals surface area contributed by atoms with Crippen LogP contribution in [0.25, 0.3) is 33.3 Å². The number of ether oxygens (including phenoxy) is 4. The zero-order valence-electron chi connectivity index (χ0n) is 59.8. The van der Waals surface area contributed by atoms with Crippen LogP contribution in [0.5, 0.6) is 17.2 Å². The number of ketones is 1. The number of amides is 8. The van der Waals surface area contributed by atoms with Gasteiger partial charge in [0.2, 0.25) is 23.2 Å². The number of nitrogens with one attached hydrogen (secondary N) is 5. The lowest BCUT2D eigenvalue weighted by molar-refractivity contribution is -0.160. The molecule has 1 fully saturated rings.